The van der Waals surface area contributed by atoms with E-state index in [0.717, 1.165) is 54.4 Å². The molecule has 5 aliphatic heterocycles. The molecule has 7 heteroatoms. The van der Waals surface area contributed by atoms with Crippen LogP contribution in [0, 0.1) is 0 Å². The molecule has 198 valence electrons. The second-order valence-electron chi connectivity index (χ2n) is 10.8. The second kappa shape index (κ2) is 9.61. The van der Waals surface area contributed by atoms with E-state index in [1.165, 1.54) is 22.4 Å². The van der Waals surface area contributed by atoms with Gasteiger partial charge in [0.2, 0.25) is 5.96 Å². The van der Waals surface area contributed by atoms with E-state index >= 15 is 0 Å². The van der Waals surface area contributed by atoms with Crippen LogP contribution in [0.1, 0.15) is 53.3 Å². The molecule has 0 amide bonds. The Labute approximate surface area is 233 Å². The largest absolute Gasteiger partial charge is 0.455 e. The Morgan fingerprint density at radius 1 is 0.875 bits per heavy atom. The lowest BCUT2D eigenvalue weighted by molar-refractivity contribution is 0.403. The fourth-order valence-electron chi connectivity index (χ4n) is 6.52. The SMILES string of the molecule is C1=CC2c3ccc4c(c3N(C3=NC(c5ccccc5)NC(c5ccccc5)N3)C2C=N1)CCC1=C(C=NCC1)O4. The first-order valence-corrected chi connectivity index (χ1v) is 14.1. The minimum absolute atomic E-state index is 0.0242. The van der Waals surface area contributed by atoms with Gasteiger partial charge in [0.15, 0.2) is 0 Å². The Balaban J connectivity index is 1.26. The maximum absolute atomic E-state index is 6.54. The number of aliphatic imine (C=N–C) groups is 3. The molecule has 5 heterocycles. The van der Waals surface area contributed by atoms with Gasteiger partial charge in [0, 0.05) is 30.4 Å². The van der Waals surface area contributed by atoms with Crippen molar-refractivity contribution in [3.8, 4) is 5.75 Å². The molecule has 5 aliphatic rings. The number of allylic oxidation sites excluding steroid dienone is 1. The van der Waals surface area contributed by atoms with E-state index in [1.807, 2.05) is 18.5 Å². The molecule has 0 aliphatic carbocycles. The summed E-state index contributed by atoms with van der Waals surface area (Å²) in [5, 5.41) is 7.49. The van der Waals surface area contributed by atoms with Gasteiger partial charge in [-0.3, -0.25) is 15.3 Å². The van der Waals surface area contributed by atoms with E-state index in [-0.39, 0.29) is 24.3 Å². The van der Waals surface area contributed by atoms with Crippen LogP contribution in [0.2, 0.25) is 0 Å². The van der Waals surface area contributed by atoms with Gasteiger partial charge in [-0.25, -0.2) is 4.99 Å². The van der Waals surface area contributed by atoms with Crippen LogP contribution in [0.3, 0.4) is 0 Å². The van der Waals surface area contributed by atoms with Crippen LogP contribution in [-0.4, -0.2) is 31.0 Å². The third kappa shape index (κ3) is 3.88. The lowest BCUT2D eigenvalue weighted by Gasteiger charge is -2.38. The number of guanidine groups is 1. The van der Waals surface area contributed by atoms with E-state index in [0.29, 0.717) is 0 Å². The molecular formula is C33H30N6O. The molecule has 0 saturated carbocycles. The normalized spacial score (nSPS) is 26.1. The summed E-state index contributed by atoms with van der Waals surface area (Å²) in [6, 6.07) is 25.4. The lowest BCUT2D eigenvalue weighted by Crippen LogP contribution is -2.54. The molecule has 40 heavy (non-hydrogen) atoms. The van der Waals surface area contributed by atoms with Gasteiger partial charge in [0.25, 0.3) is 0 Å². The molecule has 8 rings (SSSR count). The van der Waals surface area contributed by atoms with Crippen molar-refractivity contribution in [1.82, 2.24) is 10.6 Å². The number of hydrogen-bond donors (Lipinski definition) is 2. The van der Waals surface area contributed by atoms with Crippen LogP contribution in [0.25, 0.3) is 0 Å². The van der Waals surface area contributed by atoms with Crippen molar-refractivity contribution in [1.29, 1.82) is 0 Å². The van der Waals surface area contributed by atoms with Gasteiger partial charge in [-0.15, -0.1) is 0 Å². The number of hydrogen-bond acceptors (Lipinski definition) is 7. The topological polar surface area (TPSA) is 73.6 Å². The molecular weight excluding hydrogens is 496 g/mol. The van der Waals surface area contributed by atoms with Gasteiger partial charge in [-0.05, 0) is 47.6 Å². The molecule has 7 nitrogen and oxygen atoms in total. The zero-order valence-electron chi connectivity index (χ0n) is 22.1. The zero-order chi connectivity index (χ0) is 26.5. The van der Waals surface area contributed by atoms with E-state index < -0.39 is 0 Å². The van der Waals surface area contributed by atoms with Gasteiger partial charge in [0.1, 0.15) is 23.8 Å². The number of dihydropyridines is 1. The van der Waals surface area contributed by atoms with Crippen LogP contribution in [-0.2, 0) is 6.42 Å². The predicted molar refractivity (Wildman–Crippen MR) is 159 cm³/mol. The Bertz CT molecular complexity index is 1610. The number of rotatable bonds is 2. The van der Waals surface area contributed by atoms with Crippen molar-refractivity contribution in [2.45, 2.75) is 43.6 Å². The molecule has 2 N–H and O–H groups in total. The molecule has 0 aromatic heterocycles. The zero-order valence-corrected chi connectivity index (χ0v) is 22.1. The number of benzene rings is 3. The maximum atomic E-state index is 6.54. The standard InChI is InChI=1S/C33H30N6O/c1-3-7-22(8-4-1)31-36-32(23-9-5-2-6-10-23)38-33(37-31)39-27-19-34-18-16-24(27)25-13-14-28-26(30(25)39)12-11-21-15-17-35-20-29(21)40-28/h1-10,13-14,16,18-20,24,27,31-32,36H,11-12,15,17H2,(H,37,38). The average Bonchev–Trinajstić information content (AvgIpc) is 3.24. The summed E-state index contributed by atoms with van der Waals surface area (Å²) in [5.74, 6) is 2.86. The Morgan fingerprint density at radius 2 is 1.70 bits per heavy atom. The minimum atomic E-state index is -0.204. The predicted octanol–water partition coefficient (Wildman–Crippen LogP) is 5.56. The molecule has 0 saturated heterocycles. The molecule has 0 radical (unpaired) electrons. The maximum Gasteiger partial charge on any atom is 0.202 e. The fourth-order valence-corrected chi connectivity index (χ4v) is 6.52. The minimum Gasteiger partial charge on any atom is -0.455 e. The van der Waals surface area contributed by atoms with Crippen LogP contribution in [0.15, 0.2) is 111 Å². The summed E-state index contributed by atoms with van der Waals surface area (Å²) < 4.78 is 6.54. The molecule has 0 spiro atoms. The quantitative estimate of drug-likeness (QED) is 0.459. The highest BCUT2D eigenvalue weighted by Crippen LogP contribution is 2.49. The second-order valence-corrected chi connectivity index (χ2v) is 10.8. The van der Waals surface area contributed by atoms with Gasteiger partial charge >= 0.3 is 0 Å². The van der Waals surface area contributed by atoms with Crippen molar-refractivity contribution in [3.63, 3.8) is 0 Å². The molecule has 0 bridgehead atoms. The monoisotopic (exact) mass is 526 g/mol. The highest BCUT2D eigenvalue weighted by molar-refractivity contribution is 6.05. The smallest absolute Gasteiger partial charge is 0.202 e. The summed E-state index contributed by atoms with van der Waals surface area (Å²) >= 11 is 0. The van der Waals surface area contributed by atoms with Gasteiger partial charge in [-0.1, -0.05) is 72.8 Å². The van der Waals surface area contributed by atoms with E-state index in [4.69, 9.17) is 9.73 Å². The van der Waals surface area contributed by atoms with Crippen LogP contribution in [0.4, 0.5) is 5.69 Å². The van der Waals surface area contributed by atoms with Crippen molar-refractivity contribution in [2.24, 2.45) is 15.0 Å². The third-order valence-corrected chi connectivity index (χ3v) is 8.48. The van der Waals surface area contributed by atoms with Gasteiger partial charge in [0.05, 0.1) is 17.9 Å². The number of anilines is 1. The lowest BCUT2D eigenvalue weighted by atomic mass is 9.92. The Kier molecular flexibility index (Phi) is 5.62. The average molecular weight is 527 g/mol. The van der Waals surface area contributed by atoms with Gasteiger partial charge in [-0.2, -0.15) is 0 Å². The fraction of sp³-hybridized carbons (Fsp3) is 0.242. The van der Waals surface area contributed by atoms with Crippen molar-refractivity contribution < 1.29 is 4.74 Å². The number of ether oxygens (including phenoxy) is 1. The molecule has 4 unspecified atom stereocenters. The first-order valence-electron chi connectivity index (χ1n) is 14.1. The van der Waals surface area contributed by atoms with E-state index in [9.17, 15) is 0 Å². The molecule has 0 fully saturated rings. The van der Waals surface area contributed by atoms with Crippen molar-refractivity contribution >= 4 is 24.1 Å². The van der Waals surface area contributed by atoms with E-state index in [2.05, 4.69) is 105 Å². The molecule has 4 atom stereocenters. The van der Waals surface area contributed by atoms with Crippen LogP contribution < -0.4 is 20.3 Å². The first kappa shape index (κ1) is 23.4. The first-order chi connectivity index (χ1) is 19.8. The van der Waals surface area contributed by atoms with E-state index in [1.54, 1.807) is 0 Å². The van der Waals surface area contributed by atoms with Crippen molar-refractivity contribution in [3.05, 3.63) is 119 Å². The summed E-state index contributed by atoms with van der Waals surface area (Å²) in [5.41, 5.74) is 7.35. The summed E-state index contributed by atoms with van der Waals surface area (Å²) in [7, 11) is 0. The third-order valence-electron chi connectivity index (χ3n) is 8.48. The molecule has 3 aromatic rings. The Morgan fingerprint density at radius 3 is 2.55 bits per heavy atom. The Hall–Kier alpha value is -4.49. The number of nitrogens with zero attached hydrogens (tertiary/aromatic N) is 4. The summed E-state index contributed by atoms with van der Waals surface area (Å²) in [4.78, 5) is 16.8. The summed E-state index contributed by atoms with van der Waals surface area (Å²) in [6.07, 6.45) is 10.6. The number of fused-ring (bicyclic) bond motifs is 5. The van der Waals surface area contributed by atoms with Crippen LogP contribution >= 0.6 is 0 Å². The van der Waals surface area contributed by atoms with Crippen molar-refractivity contribution in [2.75, 3.05) is 11.4 Å². The highest BCUT2D eigenvalue weighted by Gasteiger charge is 2.44. The number of nitrogens with one attached hydrogen (secondary N) is 2. The molecule has 3 aromatic carbocycles. The van der Waals surface area contributed by atoms with Crippen LogP contribution in [0.5, 0.6) is 5.75 Å². The summed E-state index contributed by atoms with van der Waals surface area (Å²) in [6.45, 7) is 0.837. The van der Waals surface area contributed by atoms with Gasteiger partial charge < -0.3 is 15.0 Å². The highest BCUT2D eigenvalue weighted by atomic mass is 16.5.